The van der Waals surface area contributed by atoms with Gasteiger partial charge < -0.3 is 10.2 Å². The average molecular weight is 436 g/mol. The minimum Gasteiger partial charge on any atom is -0.355 e. The van der Waals surface area contributed by atoms with Gasteiger partial charge in [-0.15, -0.1) is 0 Å². The van der Waals surface area contributed by atoms with E-state index in [1.807, 2.05) is 0 Å². The number of nitrogens with one attached hydrogen (secondary N) is 1. The lowest BCUT2D eigenvalue weighted by Gasteiger charge is -2.16. The van der Waals surface area contributed by atoms with E-state index in [0.717, 1.165) is 18.9 Å². The van der Waals surface area contributed by atoms with Crippen molar-refractivity contribution in [3.63, 3.8) is 0 Å². The minimum atomic E-state index is -4.56. The molecule has 1 saturated heterocycles. The van der Waals surface area contributed by atoms with Gasteiger partial charge in [-0.25, -0.2) is 14.4 Å². The van der Waals surface area contributed by atoms with E-state index >= 15 is 0 Å². The molecular weight excluding hydrogens is 416 g/mol. The molecule has 1 aromatic carbocycles. The molecule has 2 fully saturated rings. The largest absolute Gasteiger partial charge is 0.433 e. The molecule has 164 valence electrons. The summed E-state index contributed by atoms with van der Waals surface area (Å²) in [5, 5.41) is 2.66. The number of anilines is 1. The molecule has 4 rings (SSSR count). The summed E-state index contributed by atoms with van der Waals surface area (Å²) in [4.78, 5) is 33.9. The van der Waals surface area contributed by atoms with Crippen molar-refractivity contribution >= 4 is 17.5 Å². The number of aromatic nitrogens is 2. The van der Waals surface area contributed by atoms with Crippen molar-refractivity contribution in [1.82, 2.24) is 15.3 Å². The van der Waals surface area contributed by atoms with Crippen LogP contribution in [0.5, 0.6) is 0 Å². The van der Waals surface area contributed by atoms with E-state index in [2.05, 4.69) is 15.3 Å². The molecule has 1 aromatic heterocycles. The highest BCUT2D eigenvalue weighted by Crippen LogP contribution is 2.40. The lowest BCUT2D eigenvalue weighted by molar-refractivity contribution is -0.141. The third kappa shape index (κ3) is 5.00. The zero-order valence-electron chi connectivity index (χ0n) is 16.5. The fourth-order valence-corrected chi connectivity index (χ4v) is 3.56. The molecule has 2 amide bonds. The zero-order valence-corrected chi connectivity index (χ0v) is 16.5. The molecule has 0 bridgehead atoms. The van der Waals surface area contributed by atoms with Crippen LogP contribution in [-0.2, 0) is 22.2 Å². The van der Waals surface area contributed by atoms with E-state index < -0.39 is 23.6 Å². The van der Waals surface area contributed by atoms with Crippen molar-refractivity contribution in [3.8, 4) is 0 Å². The van der Waals surface area contributed by atoms with Gasteiger partial charge in [0.15, 0.2) is 0 Å². The summed E-state index contributed by atoms with van der Waals surface area (Å²) in [6, 6.07) is 6.40. The van der Waals surface area contributed by atoms with Crippen molar-refractivity contribution in [1.29, 1.82) is 0 Å². The molecule has 1 N–H and O–H groups in total. The van der Waals surface area contributed by atoms with Gasteiger partial charge in [-0.2, -0.15) is 13.2 Å². The van der Waals surface area contributed by atoms with Gasteiger partial charge in [0.2, 0.25) is 11.8 Å². The van der Waals surface area contributed by atoms with E-state index in [4.69, 9.17) is 0 Å². The number of benzene rings is 1. The first-order valence-electron chi connectivity index (χ1n) is 9.99. The molecule has 1 saturated carbocycles. The van der Waals surface area contributed by atoms with Crippen LogP contribution in [0.4, 0.5) is 23.2 Å². The molecule has 0 spiro atoms. The van der Waals surface area contributed by atoms with Crippen LogP contribution in [0.25, 0.3) is 0 Å². The Morgan fingerprint density at radius 2 is 1.87 bits per heavy atom. The highest BCUT2D eigenvalue weighted by molar-refractivity contribution is 6.00. The van der Waals surface area contributed by atoms with Crippen LogP contribution in [0.2, 0.25) is 0 Å². The zero-order chi connectivity index (χ0) is 22.2. The van der Waals surface area contributed by atoms with E-state index in [0.29, 0.717) is 11.4 Å². The second kappa shape index (κ2) is 8.24. The normalized spacial score (nSPS) is 19.0. The lowest BCUT2D eigenvalue weighted by Crippen LogP contribution is -2.34. The standard InChI is InChI=1S/C21H20F4N4O2/c22-14-3-5-15(6-4-14)29-11-13(9-19(29)30)20(31)26-8-7-18-27-16(12-1-2-12)10-17(28-18)21(23,24)25/h3-6,10,12-13H,1-2,7-9,11H2,(H,26,31)/t13-/m1/s1. The second-order valence-corrected chi connectivity index (χ2v) is 7.79. The van der Waals surface area contributed by atoms with Crippen LogP contribution in [0, 0.1) is 11.7 Å². The van der Waals surface area contributed by atoms with Crippen LogP contribution in [0.3, 0.4) is 0 Å². The highest BCUT2D eigenvalue weighted by Gasteiger charge is 2.37. The van der Waals surface area contributed by atoms with Gasteiger partial charge in [0.1, 0.15) is 17.3 Å². The number of nitrogens with zero attached hydrogens (tertiary/aromatic N) is 3. The number of carbonyl (C=O) groups excluding carboxylic acids is 2. The molecule has 2 aliphatic rings. The van der Waals surface area contributed by atoms with Crippen molar-refractivity contribution in [2.24, 2.45) is 5.92 Å². The third-order valence-electron chi connectivity index (χ3n) is 5.36. The molecular formula is C21H20F4N4O2. The molecule has 1 aliphatic carbocycles. The summed E-state index contributed by atoms with van der Waals surface area (Å²) >= 11 is 0. The summed E-state index contributed by atoms with van der Waals surface area (Å²) in [5.41, 5.74) is -0.0753. The number of amides is 2. The molecule has 10 heteroatoms. The first kappa shape index (κ1) is 21.2. The third-order valence-corrected chi connectivity index (χ3v) is 5.36. The fraction of sp³-hybridized carbons (Fsp3) is 0.429. The minimum absolute atomic E-state index is 0.00902. The number of carbonyl (C=O) groups is 2. The van der Waals surface area contributed by atoms with Crippen LogP contribution in [0.1, 0.15) is 42.4 Å². The van der Waals surface area contributed by atoms with Gasteiger partial charge >= 0.3 is 6.18 Å². The molecule has 6 nitrogen and oxygen atoms in total. The first-order chi connectivity index (χ1) is 14.7. The average Bonchev–Trinajstić information content (AvgIpc) is 3.50. The summed E-state index contributed by atoms with van der Waals surface area (Å²) in [6.07, 6.45) is -2.87. The maximum Gasteiger partial charge on any atom is 0.433 e. The van der Waals surface area contributed by atoms with Crippen molar-refractivity contribution < 1.29 is 27.2 Å². The van der Waals surface area contributed by atoms with Gasteiger partial charge in [-0.3, -0.25) is 9.59 Å². The highest BCUT2D eigenvalue weighted by atomic mass is 19.4. The molecule has 0 radical (unpaired) electrons. The van der Waals surface area contributed by atoms with Gasteiger partial charge in [0.25, 0.3) is 0 Å². The monoisotopic (exact) mass is 436 g/mol. The van der Waals surface area contributed by atoms with Crippen LogP contribution in [0.15, 0.2) is 30.3 Å². The summed E-state index contributed by atoms with van der Waals surface area (Å²) in [5.74, 6) is -1.56. The van der Waals surface area contributed by atoms with Crippen LogP contribution >= 0.6 is 0 Å². The number of rotatable bonds is 6. The predicted octanol–water partition coefficient (Wildman–Crippen LogP) is 3.22. The van der Waals surface area contributed by atoms with E-state index in [1.165, 1.54) is 29.2 Å². The molecule has 1 atom stereocenters. The summed E-state index contributed by atoms with van der Waals surface area (Å²) in [7, 11) is 0. The first-order valence-corrected chi connectivity index (χ1v) is 9.99. The Kier molecular flexibility index (Phi) is 5.63. The Bertz CT molecular complexity index is 990. The van der Waals surface area contributed by atoms with Crippen molar-refractivity contribution in [3.05, 3.63) is 53.4 Å². The Balaban J connectivity index is 1.35. The Morgan fingerprint density at radius 1 is 1.16 bits per heavy atom. The van der Waals surface area contributed by atoms with Gasteiger partial charge in [0.05, 0.1) is 5.92 Å². The predicted molar refractivity (Wildman–Crippen MR) is 103 cm³/mol. The Hall–Kier alpha value is -3.04. The number of hydrogen-bond acceptors (Lipinski definition) is 4. The number of alkyl halides is 3. The number of hydrogen-bond donors (Lipinski definition) is 1. The summed E-state index contributed by atoms with van der Waals surface area (Å²) < 4.78 is 52.4. The van der Waals surface area contributed by atoms with Crippen molar-refractivity contribution in [2.75, 3.05) is 18.0 Å². The van der Waals surface area contributed by atoms with E-state index in [1.54, 1.807) is 0 Å². The van der Waals surface area contributed by atoms with Gasteiger partial charge in [0, 0.05) is 43.2 Å². The maximum absolute atomic E-state index is 13.1. The fourth-order valence-electron chi connectivity index (χ4n) is 3.56. The van der Waals surface area contributed by atoms with E-state index in [-0.39, 0.29) is 49.5 Å². The topological polar surface area (TPSA) is 75.2 Å². The molecule has 2 heterocycles. The smallest absolute Gasteiger partial charge is 0.355 e. The molecule has 2 aromatic rings. The second-order valence-electron chi connectivity index (χ2n) is 7.79. The number of halogens is 4. The van der Waals surface area contributed by atoms with E-state index in [9.17, 15) is 27.2 Å². The molecule has 0 unspecified atom stereocenters. The quantitative estimate of drug-likeness (QED) is 0.706. The van der Waals surface area contributed by atoms with Crippen LogP contribution in [-0.4, -0.2) is 34.9 Å². The van der Waals surface area contributed by atoms with Gasteiger partial charge in [-0.05, 0) is 43.2 Å². The lowest BCUT2D eigenvalue weighted by atomic mass is 10.1. The van der Waals surface area contributed by atoms with Gasteiger partial charge in [-0.1, -0.05) is 0 Å². The maximum atomic E-state index is 13.1. The summed E-state index contributed by atoms with van der Waals surface area (Å²) in [6.45, 7) is 0.216. The van der Waals surface area contributed by atoms with Crippen LogP contribution < -0.4 is 10.2 Å². The Labute approximate surface area is 175 Å². The SMILES string of the molecule is O=C(NCCc1nc(C2CC2)cc(C(F)(F)F)n1)[C@@H]1CC(=O)N(c2ccc(F)cc2)C1. The Morgan fingerprint density at radius 3 is 2.52 bits per heavy atom. The van der Waals surface area contributed by atoms with Crippen molar-refractivity contribution in [2.45, 2.75) is 37.8 Å². The molecule has 31 heavy (non-hydrogen) atoms. The molecule has 1 aliphatic heterocycles.